The van der Waals surface area contributed by atoms with E-state index in [4.69, 9.17) is 0 Å². The van der Waals surface area contributed by atoms with E-state index in [2.05, 4.69) is 10.2 Å². The molecule has 0 spiro atoms. The summed E-state index contributed by atoms with van der Waals surface area (Å²) in [5.41, 5.74) is -1.76. The number of rotatable bonds is 2. The Bertz CT molecular complexity index is 922. The molecule has 0 bridgehead atoms. The Morgan fingerprint density at radius 3 is 2.18 bits per heavy atom. The van der Waals surface area contributed by atoms with Crippen molar-refractivity contribution in [1.29, 1.82) is 0 Å². The van der Waals surface area contributed by atoms with Crippen LogP contribution in [0.3, 0.4) is 0 Å². The first kappa shape index (κ1) is 19.6. The number of halogens is 3. The number of alkyl halides is 3. The van der Waals surface area contributed by atoms with Crippen LogP contribution >= 0.6 is 0 Å². The van der Waals surface area contributed by atoms with Crippen LogP contribution in [0.15, 0.2) is 41.2 Å². The standard InChI is InChI=1S/C18H17F3N4O3/c19-18(20,21)13-5-2-1-4-12(13)16(27)24-8-3-9-25(11-10-24)17(28)14-6-7-15(26)23-22-14/h1-2,4-7H,3,8-11H2,(H,23,26). The smallest absolute Gasteiger partial charge is 0.337 e. The van der Waals surface area contributed by atoms with E-state index in [0.29, 0.717) is 13.0 Å². The van der Waals surface area contributed by atoms with Gasteiger partial charge in [0.25, 0.3) is 17.4 Å². The Morgan fingerprint density at radius 1 is 0.929 bits per heavy atom. The minimum atomic E-state index is -4.63. The van der Waals surface area contributed by atoms with Crippen LogP contribution in [0.2, 0.25) is 0 Å². The van der Waals surface area contributed by atoms with Crippen LogP contribution in [0.1, 0.15) is 32.8 Å². The lowest BCUT2D eigenvalue weighted by Gasteiger charge is -2.23. The Hall–Kier alpha value is -3.17. The van der Waals surface area contributed by atoms with Crippen molar-refractivity contribution in [2.75, 3.05) is 26.2 Å². The number of benzene rings is 1. The van der Waals surface area contributed by atoms with E-state index >= 15 is 0 Å². The highest BCUT2D eigenvalue weighted by Gasteiger charge is 2.36. The number of hydrogen-bond acceptors (Lipinski definition) is 4. The second-order valence-electron chi connectivity index (χ2n) is 6.29. The first-order valence-electron chi connectivity index (χ1n) is 8.58. The molecule has 0 aliphatic carbocycles. The Balaban J connectivity index is 1.74. The summed E-state index contributed by atoms with van der Waals surface area (Å²) in [5, 5.41) is 5.87. The van der Waals surface area contributed by atoms with Crippen molar-refractivity contribution in [3.63, 3.8) is 0 Å². The maximum Gasteiger partial charge on any atom is 0.417 e. The molecule has 1 aromatic heterocycles. The average Bonchev–Trinajstić information content (AvgIpc) is 2.93. The van der Waals surface area contributed by atoms with E-state index in [1.807, 2.05) is 0 Å². The number of H-pyrrole nitrogens is 1. The fourth-order valence-corrected chi connectivity index (χ4v) is 3.04. The first-order chi connectivity index (χ1) is 13.3. The van der Waals surface area contributed by atoms with E-state index in [1.165, 1.54) is 34.1 Å². The molecule has 148 valence electrons. The maximum absolute atomic E-state index is 13.2. The van der Waals surface area contributed by atoms with E-state index in [0.717, 1.165) is 12.1 Å². The third-order valence-corrected chi connectivity index (χ3v) is 4.43. The SMILES string of the molecule is O=C(c1ccc(=O)[nH]n1)N1CCCN(C(=O)c2ccccc2C(F)(F)F)CC1. The molecule has 2 aromatic rings. The molecule has 1 aliphatic rings. The number of amides is 2. The number of carbonyl (C=O) groups excluding carboxylic acids is 2. The molecular weight excluding hydrogens is 377 g/mol. The fraction of sp³-hybridized carbons (Fsp3) is 0.333. The molecule has 1 N–H and O–H groups in total. The molecular formula is C18H17F3N4O3. The first-order valence-corrected chi connectivity index (χ1v) is 8.58. The predicted molar refractivity (Wildman–Crippen MR) is 92.7 cm³/mol. The van der Waals surface area contributed by atoms with E-state index in [-0.39, 0.29) is 25.3 Å². The zero-order valence-corrected chi connectivity index (χ0v) is 14.7. The summed E-state index contributed by atoms with van der Waals surface area (Å²) in [6.45, 7) is 0.803. The Kier molecular flexibility index (Phi) is 5.48. The third-order valence-electron chi connectivity index (χ3n) is 4.43. The number of hydrogen-bond donors (Lipinski definition) is 1. The van der Waals surface area contributed by atoms with Crippen molar-refractivity contribution in [3.8, 4) is 0 Å². The van der Waals surface area contributed by atoms with Gasteiger partial charge in [-0.1, -0.05) is 12.1 Å². The lowest BCUT2D eigenvalue weighted by Crippen LogP contribution is -2.38. The number of aromatic nitrogens is 2. The monoisotopic (exact) mass is 394 g/mol. The molecule has 2 amide bonds. The highest BCUT2D eigenvalue weighted by Crippen LogP contribution is 2.32. The van der Waals surface area contributed by atoms with E-state index in [9.17, 15) is 27.6 Å². The van der Waals surface area contributed by atoms with Gasteiger partial charge in [-0.2, -0.15) is 18.3 Å². The summed E-state index contributed by atoms with van der Waals surface area (Å²) < 4.78 is 39.6. The average molecular weight is 394 g/mol. The van der Waals surface area contributed by atoms with Gasteiger partial charge < -0.3 is 9.80 Å². The van der Waals surface area contributed by atoms with Crippen molar-refractivity contribution in [2.45, 2.75) is 12.6 Å². The van der Waals surface area contributed by atoms with Gasteiger partial charge in [-0.3, -0.25) is 14.4 Å². The number of aromatic amines is 1. The lowest BCUT2D eigenvalue weighted by molar-refractivity contribution is -0.138. The molecule has 10 heteroatoms. The van der Waals surface area contributed by atoms with E-state index < -0.39 is 34.7 Å². The summed E-state index contributed by atoms with van der Waals surface area (Å²) in [6.07, 6.45) is -4.22. The molecule has 1 saturated heterocycles. The summed E-state index contributed by atoms with van der Waals surface area (Å²) >= 11 is 0. The number of carbonyl (C=O) groups is 2. The second-order valence-corrected chi connectivity index (χ2v) is 6.29. The zero-order chi connectivity index (χ0) is 20.3. The van der Waals surface area contributed by atoms with Crippen LogP contribution in [0.4, 0.5) is 13.2 Å². The van der Waals surface area contributed by atoms with E-state index in [1.54, 1.807) is 0 Å². The van der Waals surface area contributed by atoms with Crippen LogP contribution in [0.25, 0.3) is 0 Å². The minimum absolute atomic E-state index is 0.0572. The van der Waals surface area contributed by atoms with Crippen LogP contribution in [-0.2, 0) is 6.18 Å². The molecule has 7 nitrogen and oxygen atoms in total. The van der Waals surface area contributed by atoms with Gasteiger partial charge in [0.2, 0.25) is 0 Å². The van der Waals surface area contributed by atoms with Gasteiger partial charge in [-0.05, 0) is 24.6 Å². The van der Waals surface area contributed by atoms with Gasteiger partial charge in [-0.15, -0.1) is 0 Å². The Morgan fingerprint density at radius 2 is 1.57 bits per heavy atom. The van der Waals surface area contributed by atoms with Crippen LogP contribution in [-0.4, -0.2) is 58.0 Å². The summed E-state index contributed by atoms with van der Waals surface area (Å²) in [6, 6.07) is 7.14. The summed E-state index contributed by atoms with van der Waals surface area (Å²) in [4.78, 5) is 39.0. The minimum Gasteiger partial charge on any atom is -0.337 e. The van der Waals surface area contributed by atoms with Crippen LogP contribution in [0, 0.1) is 0 Å². The molecule has 2 heterocycles. The predicted octanol–water partition coefficient (Wildman–Crippen LogP) is 1.78. The topological polar surface area (TPSA) is 86.4 Å². The third kappa shape index (κ3) is 4.21. The molecule has 1 aliphatic heterocycles. The largest absolute Gasteiger partial charge is 0.417 e. The van der Waals surface area contributed by atoms with Crippen molar-refractivity contribution in [2.24, 2.45) is 0 Å². The number of nitrogens with one attached hydrogen (secondary N) is 1. The lowest BCUT2D eigenvalue weighted by atomic mass is 10.1. The maximum atomic E-state index is 13.2. The molecule has 3 rings (SSSR count). The fourth-order valence-electron chi connectivity index (χ4n) is 3.04. The zero-order valence-electron chi connectivity index (χ0n) is 14.7. The quantitative estimate of drug-likeness (QED) is 0.841. The van der Waals surface area contributed by atoms with Gasteiger partial charge in [-0.25, -0.2) is 5.10 Å². The highest BCUT2D eigenvalue weighted by molar-refractivity contribution is 5.96. The second kappa shape index (κ2) is 7.83. The van der Waals surface area contributed by atoms with Crippen molar-refractivity contribution in [3.05, 3.63) is 63.6 Å². The molecule has 0 atom stereocenters. The van der Waals surface area contributed by atoms with Crippen molar-refractivity contribution in [1.82, 2.24) is 20.0 Å². The normalized spacial score (nSPS) is 15.2. The van der Waals surface area contributed by atoms with Gasteiger partial charge in [0.05, 0.1) is 11.1 Å². The van der Waals surface area contributed by atoms with Crippen molar-refractivity contribution >= 4 is 11.8 Å². The molecule has 0 radical (unpaired) electrons. The van der Waals surface area contributed by atoms with Gasteiger partial charge in [0.15, 0.2) is 0 Å². The van der Waals surface area contributed by atoms with Gasteiger partial charge in [0.1, 0.15) is 5.69 Å². The molecule has 0 unspecified atom stereocenters. The van der Waals surface area contributed by atoms with Crippen molar-refractivity contribution < 1.29 is 22.8 Å². The Labute approximate surface area is 157 Å². The van der Waals surface area contributed by atoms with Crippen LogP contribution in [0.5, 0.6) is 0 Å². The highest BCUT2D eigenvalue weighted by atomic mass is 19.4. The van der Waals surface area contributed by atoms with Crippen LogP contribution < -0.4 is 5.56 Å². The van der Waals surface area contributed by atoms with Gasteiger partial charge >= 0.3 is 6.18 Å². The summed E-state index contributed by atoms with van der Waals surface area (Å²) in [7, 11) is 0. The molecule has 1 aromatic carbocycles. The van der Waals surface area contributed by atoms with Gasteiger partial charge in [0, 0.05) is 32.2 Å². The molecule has 28 heavy (non-hydrogen) atoms. The molecule has 0 saturated carbocycles. The summed E-state index contributed by atoms with van der Waals surface area (Å²) in [5.74, 6) is -1.13. The molecule has 1 fully saturated rings. The number of nitrogens with zero attached hydrogens (tertiary/aromatic N) is 3.